The summed E-state index contributed by atoms with van der Waals surface area (Å²) in [5, 5.41) is 23.5. The van der Waals surface area contributed by atoms with Gasteiger partial charge < -0.3 is 0 Å². The predicted molar refractivity (Wildman–Crippen MR) is 146 cm³/mol. The van der Waals surface area contributed by atoms with E-state index in [1.165, 1.54) is 22.2 Å². The number of benzene rings is 3. The zero-order valence-corrected chi connectivity index (χ0v) is 21.5. The SMILES string of the molecule is CC1=NN(c2ccc(C)cc2)C(=O)[C@@H]1C(c1cccc([N+](=O)[O-])c1)[C@H]1C(=O)N(c2ccc(C)cc2)N=C1C. The first-order chi connectivity index (χ1) is 18.2. The molecule has 0 spiro atoms. The number of hydrogen-bond acceptors (Lipinski definition) is 6. The number of aryl methyl sites for hydroxylation is 2. The summed E-state index contributed by atoms with van der Waals surface area (Å²) in [7, 11) is 0. The van der Waals surface area contributed by atoms with Gasteiger partial charge in [0.05, 0.1) is 28.1 Å². The first kappa shape index (κ1) is 25.0. The quantitative estimate of drug-likeness (QED) is 0.329. The highest BCUT2D eigenvalue weighted by molar-refractivity contribution is 6.19. The summed E-state index contributed by atoms with van der Waals surface area (Å²) in [5.74, 6) is -2.95. The van der Waals surface area contributed by atoms with Gasteiger partial charge in [-0.15, -0.1) is 0 Å². The van der Waals surface area contributed by atoms with E-state index in [1.54, 1.807) is 26.0 Å². The first-order valence-electron chi connectivity index (χ1n) is 12.3. The smallest absolute Gasteiger partial charge is 0.269 e. The van der Waals surface area contributed by atoms with Crippen molar-refractivity contribution in [2.75, 3.05) is 10.0 Å². The molecule has 2 amide bonds. The molecule has 0 radical (unpaired) electrons. The number of anilines is 2. The molecule has 38 heavy (non-hydrogen) atoms. The van der Waals surface area contributed by atoms with Crippen molar-refractivity contribution in [3.8, 4) is 0 Å². The predicted octanol–water partition coefficient (Wildman–Crippen LogP) is 5.37. The van der Waals surface area contributed by atoms with Crippen LogP contribution in [-0.4, -0.2) is 28.2 Å². The van der Waals surface area contributed by atoms with E-state index in [4.69, 9.17) is 0 Å². The van der Waals surface area contributed by atoms with E-state index < -0.39 is 22.7 Å². The van der Waals surface area contributed by atoms with Crippen LogP contribution in [0.5, 0.6) is 0 Å². The van der Waals surface area contributed by atoms with E-state index in [0.29, 0.717) is 28.4 Å². The highest BCUT2D eigenvalue weighted by Crippen LogP contribution is 2.43. The molecular weight excluding hydrogens is 482 g/mol. The number of rotatable bonds is 6. The van der Waals surface area contributed by atoms with E-state index in [2.05, 4.69) is 10.2 Å². The number of non-ortho nitro benzene ring substituents is 1. The molecule has 9 nitrogen and oxygen atoms in total. The summed E-state index contributed by atoms with van der Waals surface area (Å²) in [5.41, 5.74) is 4.78. The molecule has 0 saturated carbocycles. The third kappa shape index (κ3) is 4.36. The zero-order valence-electron chi connectivity index (χ0n) is 21.5. The third-order valence-electron chi connectivity index (χ3n) is 7.11. The minimum Gasteiger partial charge on any atom is -0.272 e. The Labute approximate surface area is 220 Å². The summed E-state index contributed by atoms with van der Waals surface area (Å²) in [4.78, 5) is 38.9. The Balaban J connectivity index is 1.59. The molecule has 0 bridgehead atoms. The highest BCUT2D eigenvalue weighted by Gasteiger charge is 2.50. The Kier molecular flexibility index (Phi) is 6.36. The van der Waals surface area contributed by atoms with Gasteiger partial charge in [-0.2, -0.15) is 10.2 Å². The van der Waals surface area contributed by atoms with Crippen LogP contribution in [0.2, 0.25) is 0 Å². The Morgan fingerprint density at radius 3 is 1.61 bits per heavy atom. The van der Waals surface area contributed by atoms with Gasteiger partial charge in [-0.1, -0.05) is 47.5 Å². The minimum atomic E-state index is -0.810. The molecule has 192 valence electrons. The van der Waals surface area contributed by atoms with Gasteiger partial charge in [0.1, 0.15) is 0 Å². The van der Waals surface area contributed by atoms with Gasteiger partial charge in [0.2, 0.25) is 0 Å². The van der Waals surface area contributed by atoms with E-state index in [0.717, 1.165) is 11.1 Å². The maximum Gasteiger partial charge on any atom is 0.269 e. The topological polar surface area (TPSA) is 108 Å². The molecule has 0 unspecified atom stereocenters. The second kappa shape index (κ2) is 9.66. The number of carbonyl (C=O) groups excluding carboxylic acids is 2. The molecule has 2 heterocycles. The number of carbonyl (C=O) groups is 2. The molecule has 0 aromatic heterocycles. The average molecular weight is 510 g/mol. The minimum absolute atomic E-state index is 0.113. The van der Waals surface area contributed by atoms with Crippen LogP contribution in [0.15, 0.2) is 83.0 Å². The summed E-state index contributed by atoms with van der Waals surface area (Å²) < 4.78 is 0. The Bertz CT molecular complexity index is 1410. The average Bonchev–Trinajstić information content (AvgIpc) is 3.36. The summed E-state index contributed by atoms with van der Waals surface area (Å²) in [6, 6.07) is 21.0. The van der Waals surface area contributed by atoms with Crippen molar-refractivity contribution in [2.24, 2.45) is 22.0 Å². The van der Waals surface area contributed by atoms with Gasteiger partial charge in [-0.25, -0.2) is 10.0 Å². The van der Waals surface area contributed by atoms with Crippen molar-refractivity contribution in [1.82, 2.24) is 0 Å². The van der Waals surface area contributed by atoms with Crippen LogP contribution in [0.25, 0.3) is 0 Å². The van der Waals surface area contributed by atoms with Crippen molar-refractivity contribution < 1.29 is 14.5 Å². The van der Waals surface area contributed by atoms with Crippen LogP contribution in [0, 0.1) is 35.8 Å². The second-order valence-electron chi connectivity index (χ2n) is 9.79. The van der Waals surface area contributed by atoms with Crippen molar-refractivity contribution in [3.05, 3.63) is 99.6 Å². The van der Waals surface area contributed by atoms with Gasteiger partial charge in [-0.3, -0.25) is 19.7 Å². The second-order valence-corrected chi connectivity index (χ2v) is 9.79. The lowest BCUT2D eigenvalue weighted by atomic mass is 9.73. The first-order valence-corrected chi connectivity index (χ1v) is 12.3. The normalized spacial score (nSPS) is 19.3. The Hall–Kier alpha value is -4.66. The van der Waals surface area contributed by atoms with Gasteiger partial charge in [-0.05, 0) is 57.5 Å². The fourth-order valence-corrected chi connectivity index (χ4v) is 5.15. The summed E-state index contributed by atoms with van der Waals surface area (Å²) in [6.45, 7) is 7.42. The molecule has 3 aromatic rings. The van der Waals surface area contributed by atoms with Crippen LogP contribution < -0.4 is 10.0 Å². The monoisotopic (exact) mass is 509 g/mol. The van der Waals surface area contributed by atoms with Crippen molar-refractivity contribution in [3.63, 3.8) is 0 Å². The van der Waals surface area contributed by atoms with E-state index in [9.17, 15) is 19.7 Å². The molecule has 2 aliphatic rings. The molecule has 5 rings (SSSR count). The molecule has 0 aliphatic carbocycles. The highest BCUT2D eigenvalue weighted by atomic mass is 16.6. The lowest BCUT2D eigenvalue weighted by molar-refractivity contribution is -0.384. The summed E-state index contributed by atoms with van der Waals surface area (Å²) >= 11 is 0. The molecule has 0 N–H and O–H groups in total. The van der Waals surface area contributed by atoms with Crippen LogP contribution in [-0.2, 0) is 9.59 Å². The zero-order chi connectivity index (χ0) is 27.1. The number of nitrogens with zero attached hydrogens (tertiary/aromatic N) is 5. The van der Waals surface area contributed by atoms with Gasteiger partial charge in [0, 0.05) is 29.5 Å². The lowest BCUT2D eigenvalue weighted by Crippen LogP contribution is -2.40. The Morgan fingerprint density at radius 2 is 1.18 bits per heavy atom. The standard InChI is InChI=1S/C29H27N5O4/c1-17-8-12-22(13-9-17)32-28(35)25(19(3)30-32)27(21-6-5-7-24(16-21)34(37)38)26-20(4)31-33(29(26)36)23-14-10-18(2)11-15-23/h5-16,25-27H,1-4H3/t25-,26-/m0/s1. The largest absolute Gasteiger partial charge is 0.272 e. The molecule has 9 heteroatoms. The summed E-state index contributed by atoms with van der Waals surface area (Å²) in [6.07, 6.45) is 0. The molecule has 0 fully saturated rings. The van der Waals surface area contributed by atoms with E-state index in [1.807, 2.05) is 62.4 Å². The van der Waals surface area contributed by atoms with Crippen molar-refractivity contribution in [1.29, 1.82) is 0 Å². The van der Waals surface area contributed by atoms with Gasteiger partial charge in [0.15, 0.2) is 0 Å². The lowest BCUT2D eigenvalue weighted by Gasteiger charge is -2.28. The van der Waals surface area contributed by atoms with Crippen LogP contribution in [0.4, 0.5) is 17.1 Å². The van der Waals surface area contributed by atoms with E-state index >= 15 is 0 Å². The molecule has 3 aromatic carbocycles. The van der Waals surface area contributed by atoms with Crippen molar-refractivity contribution >= 4 is 40.3 Å². The number of hydrazone groups is 2. The molecule has 2 aliphatic heterocycles. The fraction of sp³-hybridized carbons (Fsp3) is 0.241. The van der Waals surface area contributed by atoms with Gasteiger partial charge >= 0.3 is 0 Å². The molecule has 2 atom stereocenters. The van der Waals surface area contributed by atoms with Crippen molar-refractivity contribution in [2.45, 2.75) is 33.6 Å². The Morgan fingerprint density at radius 1 is 0.737 bits per heavy atom. The number of nitro groups is 1. The van der Waals surface area contributed by atoms with Crippen LogP contribution in [0.1, 0.15) is 36.5 Å². The third-order valence-corrected chi connectivity index (χ3v) is 7.11. The molecular formula is C29H27N5O4. The number of hydrogen-bond donors (Lipinski definition) is 0. The van der Waals surface area contributed by atoms with Gasteiger partial charge in [0.25, 0.3) is 17.5 Å². The van der Waals surface area contributed by atoms with Crippen LogP contribution in [0.3, 0.4) is 0 Å². The molecule has 0 saturated heterocycles. The van der Waals surface area contributed by atoms with E-state index in [-0.39, 0.29) is 17.5 Å². The maximum absolute atomic E-state index is 13.9. The number of nitro benzene ring substituents is 1. The maximum atomic E-state index is 13.9. The van der Waals surface area contributed by atoms with Crippen LogP contribution >= 0.6 is 0 Å². The fourth-order valence-electron chi connectivity index (χ4n) is 5.15. The number of amides is 2.